The summed E-state index contributed by atoms with van der Waals surface area (Å²) < 4.78 is 1.69. The Morgan fingerprint density at radius 1 is 1.06 bits per heavy atom. The van der Waals surface area contributed by atoms with E-state index >= 15 is 0 Å². The maximum absolute atomic E-state index is 13.0. The molecule has 6 heterocycles. The molecule has 0 radical (unpaired) electrons. The van der Waals surface area contributed by atoms with E-state index in [1.165, 1.54) is 6.33 Å². The fourth-order valence-electron chi connectivity index (χ4n) is 5.79. The fourth-order valence-corrected chi connectivity index (χ4v) is 5.79. The maximum Gasteiger partial charge on any atom is 0.291 e. The first kappa shape index (κ1) is 19.2. The van der Waals surface area contributed by atoms with Crippen LogP contribution in [0.1, 0.15) is 47.9 Å². The van der Waals surface area contributed by atoms with E-state index in [2.05, 4.69) is 30.5 Å². The van der Waals surface area contributed by atoms with Gasteiger partial charge in [0.1, 0.15) is 12.1 Å². The van der Waals surface area contributed by atoms with E-state index < -0.39 is 0 Å². The van der Waals surface area contributed by atoms with Gasteiger partial charge >= 0.3 is 0 Å². The average molecular weight is 454 g/mol. The molecule has 1 unspecified atom stereocenters. The van der Waals surface area contributed by atoms with E-state index in [1.54, 1.807) is 4.52 Å². The number of piperidine rings is 1. The van der Waals surface area contributed by atoms with Crippen molar-refractivity contribution in [1.82, 2.24) is 44.9 Å². The molecule has 11 nitrogen and oxygen atoms in total. The van der Waals surface area contributed by atoms with Gasteiger partial charge in [-0.2, -0.15) is 19.8 Å². The Labute approximate surface area is 193 Å². The molecule has 0 aliphatic carbocycles. The second-order valence-corrected chi connectivity index (χ2v) is 9.14. The number of carbonyl (C=O) groups is 1. The highest BCUT2D eigenvalue weighted by Crippen LogP contribution is 2.44. The van der Waals surface area contributed by atoms with Crippen LogP contribution in [0.4, 0.5) is 5.82 Å². The van der Waals surface area contributed by atoms with Gasteiger partial charge in [-0.15, -0.1) is 0 Å². The number of rotatable bonds is 3. The zero-order chi connectivity index (χ0) is 22.8. The summed E-state index contributed by atoms with van der Waals surface area (Å²) in [5.74, 6) is 1.00. The quantitative estimate of drug-likeness (QED) is 0.379. The smallest absolute Gasteiger partial charge is 0.291 e. The Hall–Kier alpha value is -4.28. The van der Waals surface area contributed by atoms with Crippen LogP contribution in [0.25, 0.3) is 27.7 Å². The van der Waals surface area contributed by atoms with Gasteiger partial charge in [0.15, 0.2) is 5.65 Å². The van der Waals surface area contributed by atoms with Gasteiger partial charge in [0, 0.05) is 40.7 Å². The highest BCUT2D eigenvalue weighted by Gasteiger charge is 2.45. The van der Waals surface area contributed by atoms with Crippen LogP contribution >= 0.6 is 0 Å². The topological polar surface area (TPSA) is 147 Å². The predicted molar refractivity (Wildman–Crippen MR) is 124 cm³/mol. The number of aromatic nitrogens is 8. The van der Waals surface area contributed by atoms with Crippen LogP contribution in [0.5, 0.6) is 0 Å². The van der Waals surface area contributed by atoms with E-state index in [1.807, 2.05) is 41.6 Å². The lowest BCUT2D eigenvalue weighted by Gasteiger charge is -2.38. The van der Waals surface area contributed by atoms with Crippen LogP contribution in [0.2, 0.25) is 0 Å². The summed E-state index contributed by atoms with van der Waals surface area (Å²) >= 11 is 0. The number of benzene rings is 1. The van der Waals surface area contributed by atoms with Crippen LogP contribution in [-0.4, -0.2) is 62.9 Å². The number of hydrogen-bond acceptors (Lipinski definition) is 7. The number of H-pyrrole nitrogens is 2. The van der Waals surface area contributed by atoms with Crippen molar-refractivity contribution in [2.75, 3.05) is 5.73 Å². The number of nitrogens with one attached hydrogen (secondary N) is 2. The summed E-state index contributed by atoms with van der Waals surface area (Å²) in [6.07, 6.45) is 8.67. The van der Waals surface area contributed by atoms with Crippen molar-refractivity contribution >= 4 is 28.3 Å². The Bertz CT molecular complexity index is 1520. The van der Waals surface area contributed by atoms with Crippen LogP contribution in [-0.2, 0) is 0 Å². The minimum Gasteiger partial charge on any atom is -0.384 e. The molecule has 34 heavy (non-hydrogen) atoms. The lowest BCUT2D eigenvalue weighted by molar-refractivity contribution is 0.0557. The molecule has 5 aromatic rings. The van der Waals surface area contributed by atoms with Gasteiger partial charge < -0.3 is 10.6 Å². The molecule has 7 rings (SSSR count). The van der Waals surface area contributed by atoms with Crippen LogP contribution in [0.15, 0.2) is 43.0 Å². The Morgan fingerprint density at radius 3 is 2.71 bits per heavy atom. The number of carbonyl (C=O) groups excluding carboxylic acids is 1. The van der Waals surface area contributed by atoms with E-state index in [0.717, 1.165) is 59.1 Å². The molecule has 2 aliphatic rings. The van der Waals surface area contributed by atoms with Crippen molar-refractivity contribution in [1.29, 1.82) is 0 Å². The van der Waals surface area contributed by atoms with E-state index in [4.69, 9.17) is 10.7 Å². The summed E-state index contributed by atoms with van der Waals surface area (Å²) in [4.78, 5) is 24.1. The minimum absolute atomic E-state index is 0.0716. The van der Waals surface area contributed by atoms with Crippen molar-refractivity contribution in [3.63, 3.8) is 0 Å². The number of nitrogens with zero attached hydrogens (tertiary/aromatic N) is 7. The second-order valence-electron chi connectivity index (χ2n) is 9.14. The SMILES string of the molecule is Nc1cc(C2C[C@H]3CC[C@@H](C2)N3C(=O)c2ncn[nH]2)nc2c(-c3cccc4[nH]ncc34)cnn12. The van der Waals surface area contributed by atoms with Gasteiger partial charge in [0.05, 0.1) is 17.9 Å². The van der Waals surface area contributed by atoms with Crippen molar-refractivity contribution in [2.45, 2.75) is 43.7 Å². The van der Waals surface area contributed by atoms with Crippen molar-refractivity contribution in [2.24, 2.45) is 0 Å². The predicted octanol–water partition coefficient (Wildman–Crippen LogP) is 2.52. The van der Waals surface area contributed by atoms with Gasteiger partial charge in [0.2, 0.25) is 5.82 Å². The van der Waals surface area contributed by atoms with Gasteiger partial charge in [-0.3, -0.25) is 15.0 Å². The molecule has 0 saturated carbocycles. The Kier molecular flexibility index (Phi) is 4.02. The molecule has 2 saturated heterocycles. The Balaban J connectivity index is 1.26. The lowest BCUT2D eigenvalue weighted by atomic mass is 9.87. The van der Waals surface area contributed by atoms with E-state index in [0.29, 0.717) is 11.6 Å². The summed E-state index contributed by atoms with van der Waals surface area (Å²) in [7, 11) is 0. The zero-order valence-corrected chi connectivity index (χ0v) is 18.2. The first-order chi connectivity index (χ1) is 16.7. The highest BCUT2D eigenvalue weighted by molar-refractivity contribution is 5.97. The first-order valence-electron chi connectivity index (χ1n) is 11.4. The van der Waals surface area contributed by atoms with Gasteiger partial charge in [-0.25, -0.2) is 9.97 Å². The fraction of sp³-hybridized carbons (Fsp3) is 0.304. The number of fused-ring (bicyclic) bond motifs is 4. The van der Waals surface area contributed by atoms with Crippen LogP contribution in [0.3, 0.4) is 0 Å². The molecule has 0 spiro atoms. The number of anilines is 1. The average Bonchev–Trinajstić information content (AvgIpc) is 3.64. The van der Waals surface area contributed by atoms with Crippen molar-refractivity contribution in [3.8, 4) is 11.1 Å². The Morgan fingerprint density at radius 2 is 1.91 bits per heavy atom. The molecule has 1 amide bonds. The molecule has 4 N–H and O–H groups in total. The summed E-state index contributed by atoms with van der Waals surface area (Å²) in [6.45, 7) is 0. The molecule has 2 aliphatic heterocycles. The number of nitrogen functional groups attached to an aromatic ring is 1. The highest BCUT2D eigenvalue weighted by atomic mass is 16.2. The number of nitrogens with two attached hydrogens (primary N) is 1. The van der Waals surface area contributed by atoms with E-state index in [9.17, 15) is 4.79 Å². The van der Waals surface area contributed by atoms with Gasteiger partial charge in [-0.05, 0) is 37.3 Å². The molecule has 11 heteroatoms. The normalized spacial score (nSPS) is 22.1. The molecule has 1 aromatic carbocycles. The first-order valence-corrected chi connectivity index (χ1v) is 11.4. The number of hydrogen-bond donors (Lipinski definition) is 3. The summed E-state index contributed by atoms with van der Waals surface area (Å²) in [6, 6.07) is 8.28. The maximum atomic E-state index is 13.0. The molecule has 170 valence electrons. The molecule has 2 fully saturated rings. The van der Waals surface area contributed by atoms with Crippen LogP contribution < -0.4 is 5.73 Å². The zero-order valence-electron chi connectivity index (χ0n) is 18.2. The summed E-state index contributed by atoms with van der Waals surface area (Å²) in [5, 5.41) is 19.3. The monoisotopic (exact) mass is 454 g/mol. The minimum atomic E-state index is -0.0716. The molecular weight excluding hydrogens is 432 g/mol. The van der Waals surface area contributed by atoms with Crippen molar-refractivity contribution in [3.05, 3.63) is 54.5 Å². The van der Waals surface area contributed by atoms with Gasteiger partial charge in [-0.1, -0.05) is 12.1 Å². The lowest BCUT2D eigenvalue weighted by Crippen LogP contribution is -2.46. The third-order valence-corrected chi connectivity index (χ3v) is 7.30. The van der Waals surface area contributed by atoms with Crippen LogP contribution in [0, 0.1) is 0 Å². The number of aromatic amines is 2. The summed E-state index contributed by atoms with van der Waals surface area (Å²) in [5.41, 5.74) is 11.0. The standard InChI is InChI=1S/C23H22N10O/c24-20-8-19(12-6-13-4-5-14(7-12)32(13)23(34)21-25-11-27-31-21)29-22-17(10-28-33(20)22)15-2-1-3-18-16(15)9-26-30-18/h1-3,8-14H,4-7,24H2,(H,26,30)(H,25,27,31)/t12?,13-,14+. The molecule has 4 aromatic heterocycles. The largest absolute Gasteiger partial charge is 0.384 e. The molecular formula is C23H22N10O. The van der Waals surface area contributed by atoms with Crippen molar-refractivity contribution < 1.29 is 4.79 Å². The number of amides is 1. The third-order valence-electron chi connectivity index (χ3n) is 7.30. The third kappa shape index (κ3) is 2.76. The second kappa shape index (κ2) is 7.11. The van der Waals surface area contributed by atoms with E-state index in [-0.39, 0.29) is 23.9 Å². The van der Waals surface area contributed by atoms with Gasteiger partial charge in [0.25, 0.3) is 5.91 Å². The molecule has 2 bridgehead atoms. The molecule has 3 atom stereocenters.